The highest BCUT2D eigenvalue weighted by Gasteiger charge is 2.37. The van der Waals surface area contributed by atoms with Crippen LogP contribution in [-0.4, -0.2) is 5.84 Å². The van der Waals surface area contributed by atoms with E-state index in [1.54, 1.807) is 12.1 Å². The third-order valence-electron chi connectivity index (χ3n) is 5.63. The van der Waals surface area contributed by atoms with E-state index in [1.807, 2.05) is 0 Å². The van der Waals surface area contributed by atoms with Crippen molar-refractivity contribution >= 4 is 5.84 Å². The molecule has 1 heterocycles. The van der Waals surface area contributed by atoms with Crippen LogP contribution < -0.4 is 5.32 Å². The first-order valence-electron chi connectivity index (χ1n) is 10.5. The maximum absolute atomic E-state index is 13.8. The highest BCUT2D eigenvalue weighted by molar-refractivity contribution is 5.85. The van der Waals surface area contributed by atoms with E-state index < -0.39 is 47.2 Å². The van der Waals surface area contributed by atoms with E-state index >= 15 is 0 Å². The van der Waals surface area contributed by atoms with Gasteiger partial charge in [-0.25, -0.2) is 8.78 Å². The monoisotopic (exact) mass is 498 g/mol. The molecule has 0 unspecified atom stereocenters. The second kappa shape index (κ2) is 9.31. The molecule has 0 amide bonds. The zero-order chi connectivity index (χ0) is 25.4. The number of hydrogen-bond acceptors (Lipinski definition) is 2. The number of nitrogens with zero attached hydrogens (tertiary/aromatic N) is 1. The van der Waals surface area contributed by atoms with Gasteiger partial charge in [0.2, 0.25) is 0 Å². The Morgan fingerprint density at radius 1 is 0.686 bits per heavy atom. The Morgan fingerprint density at radius 2 is 1.23 bits per heavy atom. The molecule has 10 heteroatoms. The van der Waals surface area contributed by atoms with Crippen LogP contribution >= 0.6 is 0 Å². The molecule has 2 nitrogen and oxygen atoms in total. The van der Waals surface area contributed by atoms with Crippen LogP contribution in [0.15, 0.2) is 71.7 Å². The van der Waals surface area contributed by atoms with E-state index in [-0.39, 0.29) is 24.5 Å². The van der Waals surface area contributed by atoms with Crippen LogP contribution in [0, 0.1) is 11.6 Å². The first-order chi connectivity index (χ1) is 16.4. The topological polar surface area (TPSA) is 24.4 Å². The lowest BCUT2D eigenvalue weighted by Crippen LogP contribution is -2.25. The molecule has 3 aromatic rings. The summed E-state index contributed by atoms with van der Waals surface area (Å²) in [7, 11) is 0. The molecular weight excluding hydrogens is 480 g/mol. The van der Waals surface area contributed by atoms with Gasteiger partial charge in [-0.1, -0.05) is 24.3 Å². The number of alkyl halides is 6. The summed E-state index contributed by atoms with van der Waals surface area (Å²) in [5.41, 5.74) is -1.94. The molecule has 0 saturated carbocycles. The van der Waals surface area contributed by atoms with Crippen LogP contribution in [-0.2, 0) is 18.8 Å². The van der Waals surface area contributed by atoms with Gasteiger partial charge in [0.25, 0.3) is 0 Å². The normalized spacial score (nSPS) is 18.3. The van der Waals surface area contributed by atoms with E-state index in [1.165, 1.54) is 36.4 Å². The number of nitrogens with one attached hydrogen (secondary N) is 1. The number of amidine groups is 1. The highest BCUT2D eigenvalue weighted by atomic mass is 19.4. The van der Waals surface area contributed by atoms with Gasteiger partial charge in [-0.05, 0) is 65.6 Å². The summed E-state index contributed by atoms with van der Waals surface area (Å²) >= 11 is 0. The zero-order valence-electron chi connectivity index (χ0n) is 17.9. The molecule has 4 rings (SSSR count). The highest BCUT2D eigenvalue weighted by Crippen LogP contribution is 2.38. The predicted octanol–water partition coefficient (Wildman–Crippen LogP) is 7.42. The molecule has 0 spiro atoms. The van der Waals surface area contributed by atoms with Gasteiger partial charge >= 0.3 is 12.4 Å². The third-order valence-corrected chi connectivity index (χ3v) is 5.63. The quantitative estimate of drug-likeness (QED) is 0.364. The van der Waals surface area contributed by atoms with E-state index in [9.17, 15) is 35.1 Å². The Balaban J connectivity index is 1.62. The Morgan fingerprint density at radius 3 is 1.77 bits per heavy atom. The average Bonchev–Trinajstić information content (AvgIpc) is 3.21. The summed E-state index contributed by atoms with van der Waals surface area (Å²) in [6.07, 6.45) is -10.0. The Labute approximate surface area is 195 Å². The average molecular weight is 498 g/mol. The van der Waals surface area contributed by atoms with Crippen molar-refractivity contribution in [2.75, 3.05) is 0 Å². The fraction of sp³-hybridized carbons (Fsp3) is 0.240. The lowest BCUT2D eigenvalue weighted by Gasteiger charge is -2.20. The van der Waals surface area contributed by atoms with Gasteiger partial charge in [-0.15, -0.1) is 0 Å². The first kappa shape index (κ1) is 24.7. The van der Waals surface area contributed by atoms with Crippen LogP contribution in [0.25, 0.3) is 0 Å². The molecule has 0 fully saturated rings. The molecule has 0 aromatic heterocycles. The zero-order valence-corrected chi connectivity index (χ0v) is 17.9. The Bertz CT molecular complexity index is 1210. The van der Waals surface area contributed by atoms with Crippen molar-refractivity contribution in [1.82, 2.24) is 5.32 Å². The number of hydrogen-bond donors (Lipinski definition) is 1. The second-order valence-corrected chi connectivity index (χ2v) is 8.17. The number of aryl methyl sites for hydroxylation is 1. The van der Waals surface area contributed by atoms with Gasteiger partial charge in [0.1, 0.15) is 17.7 Å². The number of aliphatic imine (C=N–C) groups is 1. The van der Waals surface area contributed by atoms with Crippen molar-refractivity contribution in [3.05, 3.63) is 106 Å². The Kier molecular flexibility index (Phi) is 6.57. The van der Waals surface area contributed by atoms with Gasteiger partial charge in [0, 0.05) is 6.42 Å². The van der Waals surface area contributed by atoms with Crippen molar-refractivity contribution < 1.29 is 35.1 Å². The van der Waals surface area contributed by atoms with E-state index in [2.05, 4.69) is 10.3 Å². The van der Waals surface area contributed by atoms with Gasteiger partial charge in [0.15, 0.2) is 0 Å². The maximum atomic E-state index is 13.8. The first-order valence-corrected chi connectivity index (χ1v) is 10.5. The van der Waals surface area contributed by atoms with Crippen molar-refractivity contribution in [2.45, 2.75) is 37.3 Å². The summed E-state index contributed by atoms with van der Waals surface area (Å²) in [6, 6.07) is 11.5. The van der Waals surface area contributed by atoms with Crippen LogP contribution in [0.2, 0.25) is 0 Å². The minimum atomic E-state index is -4.94. The lowest BCUT2D eigenvalue weighted by atomic mass is 9.95. The summed E-state index contributed by atoms with van der Waals surface area (Å²) in [5.74, 6) is -0.702. The summed E-state index contributed by atoms with van der Waals surface area (Å²) < 4.78 is 107. The molecule has 3 aromatic carbocycles. The molecule has 0 radical (unpaired) electrons. The fourth-order valence-electron chi connectivity index (χ4n) is 4.02. The maximum Gasteiger partial charge on any atom is 0.416 e. The summed E-state index contributed by atoms with van der Waals surface area (Å²) in [4.78, 5) is 4.52. The van der Waals surface area contributed by atoms with Crippen LogP contribution in [0.1, 0.15) is 46.3 Å². The summed E-state index contributed by atoms with van der Waals surface area (Å²) in [6.45, 7) is 0. The van der Waals surface area contributed by atoms with Gasteiger partial charge < -0.3 is 5.32 Å². The number of halogens is 8. The molecule has 0 aliphatic carbocycles. The Hall–Kier alpha value is -3.43. The van der Waals surface area contributed by atoms with E-state index in [0.717, 1.165) is 0 Å². The van der Waals surface area contributed by atoms with Crippen LogP contribution in [0.5, 0.6) is 0 Å². The van der Waals surface area contributed by atoms with Crippen molar-refractivity contribution in [1.29, 1.82) is 0 Å². The number of rotatable bonds is 5. The molecule has 0 saturated heterocycles. The summed E-state index contributed by atoms with van der Waals surface area (Å²) in [5, 5.41) is 3.08. The molecular formula is C25H18F8N2. The largest absolute Gasteiger partial charge is 0.416 e. The smallest absolute Gasteiger partial charge is 0.364 e. The predicted molar refractivity (Wildman–Crippen MR) is 114 cm³/mol. The minimum Gasteiger partial charge on any atom is -0.364 e. The van der Waals surface area contributed by atoms with Crippen LogP contribution in [0.3, 0.4) is 0 Å². The van der Waals surface area contributed by atoms with Gasteiger partial charge in [-0.3, -0.25) is 4.99 Å². The second-order valence-electron chi connectivity index (χ2n) is 8.17. The van der Waals surface area contributed by atoms with Crippen molar-refractivity contribution in [3.8, 4) is 0 Å². The molecule has 35 heavy (non-hydrogen) atoms. The van der Waals surface area contributed by atoms with Crippen LogP contribution in [0.4, 0.5) is 35.1 Å². The van der Waals surface area contributed by atoms with E-state index in [0.29, 0.717) is 29.1 Å². The minimum absolute atomic E-state index is 0.00373. The van der Waals surface area contributed by atoms with Gasteiger partial charge in [0.05, 0.1) is 23.0 Å². The lowest BCUT2D eigenvalue weighted by molar-refractivity contribution is -0.143. The molecule has 0 bridgehead atoms. The van der Waals surface area contributed by atoms with E-state index in [4.69, 9.17) is 0 Å². The number of benzene rings is 3. The molecule has 184 valence electrons. The molecule has 1 aliphatic heterocycles. The van der Waals surface area contributed by atoms with Crippen molar-refractivity contribution in [2.24, 2.45) is 4.99 Å². The SMILES string of the molecule is Fc1cccc([C@H]2N=C(CCc3cc(C(F)(F)F)cc(C(F)(F)F)c3)N[C@H]2c2cccc(F)c2)c1. The fourth-order valence-corrected chi connectivity index (χ4v) is 4.02. The molecule has 2 atom stereocenters. The van der Waals surface area contributed by atoms with Crippen molar-refractivity contribution in [3.63, 3.8) is 0 Å². The molecule has 1 aliphatic rings. The molecule has 1 N–H and O–H groups in total. The third kappa shape index (κ3) is 5.80. The van der Waals surface area contributed by atoms with Gasteiger partial charge in [-0.2, -0.15) is 26.3 Å². The standard InChI is InChI=1S/C25H18F8N2/c26-19-5-1-3-15(11-19)22-23(16-4-2-6-20(27)12-16)35-21(34-22)8-7-14-9-17(24(28,29)30)13-18(10-14)25(31,32)33/h1-6,9-13,22-23H,7-8H2,(H,34,35)/t22-,23+.